The molecule has 0 aromatic heterocycles. The average Bonchev–Trinajstić information content (AvgIpc) is 2.40. The predicted octanol–water partition coefficient (Wildman–Crippen LogP) is 2.58. The lowest BCUT2D eigenvalue weighted by Gasteiger charge is -2.08. The Morgan fingerprint density at radius 3 is 2.28 bits per heavy atom. The number of rotatable bonds is 5. The van der Waals surface area contributed by atoms with Crippen LogP contribution >= 0.6 is 0 Å². The van der Waals surface area contributed by atoms with E-state index in [1.807, 2.05) is 18.2 Å². The fourth-order valence-electron chi connectivity index (χ4n) is 1.68. The molecule has 3 nitrogen and oxygen atoms in total. The summed E-state index contributed by atoms with van der Waals surface area (Å²) in [5, 5.41) is 3.26. The lowest BCUT2D eigenvalue weighted by molar-refractivity contribution is 0.537. The minimum atomic E-state index is -2.15. The monoisotopic (exact) mass is 260 g/mol. The van der Waals surface area contributed by atoms with E-state index >= 15 is 0 Å². The Labute approximate surface area is 109 Å². The van der Waals surface area contributed by atoms with Gasteiger partial charge in [-0.15, -0.1) is 0 Å². The first-order chi connectivity index (χ1) is 8.75. The molecule has 0 spiro atoms. The van der Waals surface area contributed by atoms with E-state index in [1.54, 1.807) is 24.3 Å². The first kappa shape index (κ1) is 12.8. The Morgan fingerprint density at radius 2 is 1.67 bits per heavy atom. The van der Waals surface area contributed by atoms with E-state index in [1.165, 1.54) is 5.56 Å². The smallest absolute Gasteiger partial charge is 0.0341 e. The van der Waals surface area contributed by atoms with E-state index in [9.17, 15) is 8.76 Å². The molecule has 0 bridgehead atoms. The second-order valence-electron chi connectivity index (χ2n) is 3.92. The maximum atomic E-state index is 10.7. The van der Waals surface area contributed by atoms with E-state index in [2.05, 4.69) is 17.4 Å². The van der Waals surface area contributed by atoms with Crippen LogP contribution < -0.4 is 5.32 Å². The van der Waals surface area contributed by atoms with Crippen molar-refractivity contribution >= 4 is 16.8 Å². The van der Waals surface area contributed by atoms with Crippen LogP contribution in [-0.2, 0) is 17.5 Å². The zero-order valence-corrected chi connectivity index (χ0v) is 10.7. The molecule has 1 N–H and O–H groups in total. The Morgan fingerprint density at radius 1 is 1.00 bits per heavy atom. The van der Waals surface area contributed by atoms with Crippen molar-refractivity contribution in [2.24, 2.45) is 0 Å². The third-order valence-corrected chi connectivity index (χ3v) is 3.29. The third-order valence-electron chi connectivity index (χ3n) is 2.63. The van der Waals surface area contributed by atoms with E-state index in [0.717, 1.165) is 18.7 Å². The van der Waals surface area contributed by atoms with Crippen LogP contribution in [0.25, 0.3) is 0 Å². The standard InChI is InChI=1S/C14H15NO2S/c16-18(17)14-8-6-13(7-9-14)15-11-10-12-4-2-1-3-5-12/h1-9,15H,10-11H2,(H,16,17)/p-1. The molecule has 0 radical (unpaired) electrons. The predicted molar refractivity (Wildman–Crippen MR) is 72.3 cm³/mol. The molecule has 0 saturated carbocycles. The van der Waals surface area contributed by atoms with Gasteiger partial charge in [0.2, 0.25) is 0 Å². The maximum absolute atomic E-state index is 10.7. The van der Waals surface area contributed by atoms with Crippen LogP contribution in [0, 0.1) is 0 Å². The summed E-state index contributed by atoms with van der Waals surface area (Å²) < 4.78 is 21.4. The number of benzene rings is 2. The molecule has 0 saturated heterocycles. The second kappa shape index (κ2) is 6.33. The van der Waals surface area contributed by atoms with Crippen molar-refractivity contribution in [2.75, 3.05) is 11.9 Å². The highest BCUT2D eigenvalue weighted by molar-refractivity contribution is 7.79. The van der Waals surface area contributed by atoms with Crippen LogP contribution in [0.1, 0.15) is 5.56 Å². The molecule has 2 aromatic carbocycles. The van der Waals surface area contributed by atoms with Gasteiger partial charge in [-0.2, -0.15) is 0 Å². The Bertz CT molecular complexity index is 511. The molecule has 1 atom stereocenters. The minimum Gasteiger partial charge on any atom is -0.768 e. The molecule has 0 fully saturated rings. The fraction of sp³-hybridized carbons (Fsp3) is 0.143. The zero-order valence-electron chi connectivity index (χ0n) is 9.84. The van der Waals surface area contributed by atoms with Crippen molar-refractivity contribution in [3.63, 3.8) is 0 Å². The molecule has 0 aliphatic carbocycles. The summed E-state index contributed by atoms with van der Waals surface area (Å²) in [6, 6.07) is 16.9. The van der Waals surface area contributed by atoms with Crippen molar-refractivity contribution in [2.45, 2.75) is 11.3 Å². The van der Waals surface area contributed by atoms with Gasteiger partial charge in [0, 0.05) is 17.1 Å². The van der Waals surface area contributed by atoms with Crippen molar-refractivity contribution in [3.8, 4) is 0 Å². The van der Waals surface area contributed by atoms with Crippen molar-refractivity contribution < 1.29 is 8.76 Å². The Hall–Kier alpha value is -1.65. The molecule has 4 heteroatoms. The molecule has 0 aliphatic rings. The number of nitrogens with one attached hydrogen (secondary N) is 1. The molecule has 2 rings (SSSR count). The molecule has 0 aliphatic heterocycles. The molecule has 1 unspecified atom stereocenters. The van der Waals surface area contributed by atoms with E-state index in [-0.39, 0.29) is 0 Å². The summed E-state index contributed by atoms with van der Waals surface area (Å²) in [6.07, 6.45) is 0.941. The Balaban J connectivity index is 1.85. The topological polar surface area (TPSA) is 52.2 Å². The first-order valence-corrected chi connectivity index (χ1v) is 6.80. The van der Waals surface area contributed by atoms with Crippen molar-refractivity contribution in [1.82, 2.24) is 0 Å². The molecule has 18 heavy (non-hydrogen) atoms. The largest absolute Gasteiger partial charge is 0.768 e. The summed E-state index contributed by atoms with van der Waals surface area (Å²) >= 11 is -2.15. The highest BCUT2D eigenvalue weighted by atomic mass is 32.2. The minimum absolute atomic E-state index is 0.309. The normalized spacial score (nSPS) is 12.1. The highest BCUT2D eigenvalue weighted by Gasteiger charge is 1.95. The van der Waals surface area contributed by atoms with Gasteiger partial charge in [0.25, 0.3) is 0 Å². The van der Waals surface area contributed by atoms with Gasteiger partial charge >= 0.3 is 0 Å². The van der Waals surface area contributed by atoms with Gasteiger partial charge in [-0.1, -0.05) is 30.3 Å². The first-order valence-electron chi connectivity index (χ1n) is 5.73. The van der Waals surface area contributed by atoms with Crippen molar-refractivity contribution in [3.05, 3.63) is 60.2 Å². The average molecular weight is 260 g/mol. The molecular weight excluding hydrogens is 246 g/mol. The van der Waals surface area contributed by atoms with Crippen LogP contribution in [-0.4, -0.2) is 15.3 Å². The summed E-state index contributed by atoms with van der Waals surface area (Å²) in [6.45, 7) is 0.823. The highest BCUT2D eigenvalue weighted by Crippen LogP contribution is 2.11. The van der Waals surface area contributed by atoms with E-state index in [4.69, 9.17) is 0 Å². The summed E-state index contributed by atoms with van der Waals surface area (Å²) in [5.74, 6) is 0. The van der Waals surface area contributed by atoms with Crippen LogP contribution in [0.2, 0.25) is 0 Å². The van der Waals surface area contributed by atoms with Gasteiger partial charge in [-0.25, -0.2) is 0 Å². The van der Waals surface area contributed by atoms with Gasteiger partial charge in [0.15, 0.2) is 0 Å². The fourth-order valence-corrected chi connectivity index (χ4v) is 2.04. The van der Waals surface area contributed by atoms with Gasteiger partial charge < -0.3 is 9.87 Å². The van der Waals surface area contributed by atoms with Gasteiger partial charge in [-0.3, -0.25) is 4.21 Å². The van der Waals surface area contributed by atoms with Gasteiger partial charge in [-0.05, 0) is 47.3 Å². The van der Waals surface area contributed by atoms with Crippen LogP contribution in [0.15, 0.2) is 59.5 Å². The lowest BCUT2D eigenvalue weighted by atomic mass is 10.1. The van der Waals surface area contributed by atoms with Crippen molar-refractivity contribution in [1.29, 1.82) is 0 Å². The number of hydrogen-bond donors (Lipinski definition) is 1. The van der Waals surface area contributed by atoms with Gasteiger partial charge in [0.05, 0.1) is 0 Å². The SMILES string of the molecule is O=S([O-])c1ccc(NCCc2ccccc2)cc1. The summed E-state index contributed by atoms with van der Waals surface area (Å²) in [7, 11) is 0. The summed E-state index contributed by atoms with van der Waals surface area (Å²) in [4.78, 5) is 0.309. The quantitative estimate of drug-likeness (QED) is 0.841. The van der Waals surface area contributed by atoms with E-state index in [0.29, 0.717) is 4.90 Å². The number of hydrogen-bond acceptors (Lipinski definition) is 3. The van der Waals surface area contributed by atoms with Crippen LogP contribution in [0.3, 0.4) is 0 Å². The van der Waals surface area contributed by atoms with E-state index < -0.39 is 11.1 Å². The van der Waals surface area contributed by atoms with Gasteiger partial charge in [0.1, 0.15) is 0 Å². The molecule has 0 amide bonds. The summed E-state index contributed by atoms with van der Waals surface area (Å²) in [5.41, 5.74) is 2.21. The third kappa shape index (κ3) is 3.68. The molecule has 94 valence electrons. The number of anilines is 1. The van der Waals surface area contributed by atoms with Crippen LogP contribution in [0.4, 0.5) is 5.69 Å². The second-order valence-corrected chi connectivity index (χ2v) is 4.86. The molecule has 2 aromatic rings. The van der Waals surface area contributed by atoms with Crippen LogP contribution in [0.5, 0.6) is 0 Å². The lowest BCUT2D eigenvalue weighted by Crippen LogP contribution is -2.04. The Kier molecular flexibility index (Phi) is 4.50. The maximum Gasteiger partial charge on any atom is 0.0341 e. The molecule has 0 heterocycles. The zero-order chi connectivity index (χ0) is 12.8. The molecular formula is C14H14NO2S-.